The van der Waals surface area contributed by atoms with Gasteiger partial charge in [0.15, 0.2) is 0 Å². The van der Waals surface area contributed by atoms with Gasteiger partial charge in [0.1, 0.15) is 0 Å². The average Bonchev–Trinajstić information content (AvgIpc) is 0.811. The molecule has 0 aliphatic carbocycles. The smallest absolute Gasteiger partial charge is 0.0687 e. The molecule has 1 unspecified atom stereocenters. The molecule has 0 aromatic rings. The molecule has 1 nitrogen and oxygen atoms in total. The minimum atomic E-state index is -0.808. The van der Waals surface area contributed by atoms with Gasteiger partial charge in [-0.3, -0.25) is 0 Å². The fourth-order valence-corrected chi connectivity index (χ4v) is 0. The van der Waals surface area contributed by atoms with E-state index in [2.05, 4.69) is 11.2 Å². The van der Waals surface area contributed by atoms with Crippen LogP contribution in [0.15, 0.2) is 0 Å². The van der Waals surface area contributed by atoms with Gasteiger partial charge in [0.05, 0.1) is 6.91 Å². The zero-order valence-corrected chi connectivity index (χ0v) is 5.43. The molecule has 0 fully saturated rings. The summed E-state index contributed by atoms with van der Waals surface area (Å²) in [6, 6.07) is 0. The van der Waals surface area contributed by atoms with Gasteiger partial charge >= 0.3 is 0 Å². The van der Waals surface area contributed by atoms with Crippen molar-refractivity contribution in [2.75, 3.05) is 0 Å². The fraction of sp³-hybridized carbons (Fsp3) is 0. The first-order valence-corrected chi connectivity index (χ1v) is 5.15. The first-order chi connectivity index (χ1) is 1.73. The third-order valence-corrected chi connectivity index (χ3v) is 0. The van der Waals surface area contributed by atoms with Crippen LogP contribution in [0.1, 0.15) is 0 Å². The van der Waals surface area contributed by atoms with Crippen LogP contribution in [0.25, 0.3) is 0 Å². The lowest BCUT2D eigenvalue weighted by atomic mass is 15.9. The van der Waals surface area contributed by atoms with Crippen molar-refractivity contribution in [2.45, 2.75) is 0 Å². The number of rotatable bonds is 0. The normalized spacial score (nSPS) is 15.5. The van der Waals surface area contributed by atoms with Gasteiger partial charge in [-0.25, -0.2) is 0 Å². The Morgan fingerprint density at radius 2 is 2.00 bits per heavy atom. The maximum atomic E-state index is 7.88. The molecule has 0 amide bonds. The zero-order valence-electron chi connectivity index (χ0n) is 1.64. The molecule has 1 N–H and O–H groups in total. The number of halogens is 1. The van der Waals surface area contributed by atoms with Crippen LogP contribution < -0.4 is 0 Å². The van der Waals surface area contributed by atoms with Crippen LogP contribution in [0, 0.1) is 0 Å². The van der Waals surface area contributed by atoms with Gasteiger partial charge in [-0.2, -0.15) is 0 Å². The predicted molar refractivity (Wildman–Crippen MR) is 31.4 cm³/mol. The summed E-state index contributed by atoms with van der Waals surface area (Å²) >= 11 is 5.93. The molecule has 26 valence electrons. The van der Waals surface area contributed by atoms with Gasteiger partial charge in [0.25, 0.3) is 0 Å². The van der Waals surface area contributed by atoms with Crippen molar-refractivity contribution in [1.82, 2.24) is 0 Å². The van der Waals surface area contributed by atoms with Crippen molar-refractivity contribution in [3.8, 4) is 0 Å². The molecule has 4 heavy (non-hydrogen) atoms. The summed E-state index contributed by atoms with van der Waals surface area (Å²) in [5.74, 6) is 0. The summed E-state index contributed by atoms with van der Waals surface area (Å²) in [5, 5.41) is 0. The Hall–Kier alpha value is 1.26. The first kappa shape index (κ1) is 5.26. The zero-order chi connectivity index (χ0) is 3.58. The summed E-state index contributed by atoms with van der Waals surface area (Å²) in [5.41, 5.74) is 0. The number of hydrogen-bond donors (Lipinski definition) is 1. The lowest BCUT2D eigenvalue weighted by Gasteiger charge is -1.62. The van der Waals surface area contributed by atoms with Gasteiger partial charge < -0.3 is 4.55 Å². The third kappa shape index (κ3) is 10.5. The second-order valence-corrected chi connectivity index (χ2v) is 5.86. The van der Waals surface area contributed by atoms with E-state index in [9.17, 15) is 0 Å². The van der Waals surface area contributed by atoms with Crippen LogP contribution in [0.2, 0.25) is 0 Å². The lowest BCUT2D eigenvalue weighted by molar-refractivity contribution is 0.671. The van der Waals surface area contributed by atoms with Gasteiger partial charge in [-0.05, 0) is 11.2 Å². The van der Waals surface area contributed by atoms with E-state index in [1.54, 1.807) is 21.2 Å². The molecule has 0 aromatic carbocycles. The largest absolute Gasteiger partial charge is 0.319 e. The number of hydrogen-bond acceptors (Lipinski definition) is 1. The lowest BCUT2D eigenvalue weighted by Crippen LogP contribution is -1.54. The van der Waals surface area contributed by atoms with Crippen molar-refractivity contribution in [3.63, 3.8) is 0 Å². The van der Waals surface area contributed by atoms with E-state index in [1.165, 1.54) is 0 Å². The summed E-state index contributed by atoms with van der Waals surface area (Å²) in [7, 11) is 0. The molecular formula is HIOS2. The van der Waals surface area contributed by atoms with Crippen LogP contribution in [0.3, 0.4) is 0 Å². The molecule has 0 aliphatic rings. The molecule has 0 bridgehead atoms. The molecular weight excluding hydrogens is 207 g/mol. The van der Waals surface area contributed by atoms with Crippen LogP contribution in [0.5, 0.6) is 0 Å². The van der Waals surface area contributed by atoms with E-state index < -0.39 is 6.91 Å². The second-order valence-electron chi connectivity index (χ2n) is 0.207. The second kappa shape index (κ2) is 2.49. The quantitative estimate of drug-likeness (QED) is 0.471. The Labute approximate surface area is 43.8 Å². The van der Waals surface area contributed by atoms with Crippen molar-refractivity contribution < 1.29 is 4.55 Å². The Morgan fingerprint density at radius 3 is 2.00 bits per heavy atom. The molecule has 0 radical (unpaired) electrons. The molecule has 0 saturated carbocycles. The summed E-state index contributed by atoms with van der Waals surface area (Å²) < 4.78 is 7.88. The van der Waals surface area contributed by atoms with E-state index in [0.717, 1.165) is 0 Å². The highest BCUT2D eigenvalue weighted by Gasteiger charge is 1.57. The van der Waals surface area contributed by atoms with Crippen LogP contribution in [-0.4, -0.2) is 4.55 Å². The fourth-order valence-electron chi connectivity index (χ4n) is 0. The van der Waals surface area contributed by atoms with Gasteiger partial charge in [0.2, 0.25) is 0 Å². The van der Waals surface area contributed by atoms with E-state index in [-0.39, 0.29) is 0 Å². The molecule has 1 atom stereocenters. The molecule has 0 spiro atoms. The van der Waals surface area contributed by atoms with Gasteiger partial charge in [-0.1, -0.05) is 0 Å². The van der Waals surface area contributed by atoms with Crippen LogP contribution in [-0.2, 0) is 18.1 Å². The molecule has 0 aromatic heterocycles. The van der Waals surface area contributed by atoms with Crippen LogP contribution >= 0.6 is 21.2 Å². The molecule has 4 heteroatoms. The van der Waals surface area contributed by atoms with E-state index >= 15 is 0 Å². The molecule has 0 heterocycles. The first-order valence-electron chi connectivity index (χ1n) is 0.504. The minimum absolute atomic E-state index is 0.808. The summed E-state index contributed by atoms with van der Waals surface area (Å²) in [6.07, 6.45) is 0. The SMILES string of the molecule is OS(=S)I. The van der Waals surface area contributed by atoms with E-state index in [0.29, 0.717) is 0 Å². The standard InChI is InChI=1S/HIOS2/c1-4(2)3/h(H,2,3). The van der Waals surface area contributed by atoms with Crippen molar-refractivity contribution in [2.24, 2.45) is 0 Å². The van der Waals surface area contributed by atoms with E-state index in [1.807, 2.05) is 0 Å². The summed E-state index contributed by atoms with van der Waals surface area (Å²) in [4.78, 5) is 0. The third-order valence-electron chi connectivity index (χ3n) is 0. The van der Waals surface area contributed by atoms with Crippen molar-refractivity contribution in [1.29, 1.82) is 0 Å². The highest BCUT2D eigenvalue weighted by molar-refractivity contribution is 14.2. The van der Waals surface area contributed by atoms with Gasteiger partial charge in [0, 0.05) is 21.2 Å². The van der Waals surface area contributed by atoms with Crippen LogP contribution in [0.4, 0.5) is 0 Å². The Balaban J connectivity index is 2.80. The van der Waals surface area contributed by atoms with E-state index in [4.69, 9.17) is 4.55 Å². The highest BCUT2D eigenvalue weighted by atomic mass is 127. The maximum Gasteiger partial charge on any atom is 0.0687 e. The molecule has 0 aliphatic heterocycles. The predicted octanol–water partition coefficient (Wildman–Crippen LogP) is 0.890. The van der Waals surface area contributed by atoms with Crippen molar-refractivity contribution in [3.05, 3.63) is 0 Å². The molecule has 0 saturated heterocycles. The topological polar surface area (TPSA) is 20.2 Å². The summed E-state index contributed by atoms with van der Waals surface area (Å²) in [6.45, 7) is -0.808. The maximum absolute atomic E-state index is 7.88. The van der Waals surface area contributed by atoms with Crippen molar-refractivity contribution >= 4 is 39.3 Å². The molecule has 0 rings (SSSR count). The Bertz CT molecular complexity index is 29.0. The monoisotopic (exact) mass is 208 g/mol. The highest BCUT2D eigenvalue weighted by Crippen LogP contribution is 1.82. The Morgan fingerprint density at radius 1 is 2.00 bits per heavy atom. The Kier molecular flexibility index (Phi) is 3.28. The van der Waals surface area contributed by atoms with Gasteiger partial charge in [-0.15, -0.1) is 0 Å². The minimum Gasteiger partial charge on any atom is -0.319 e. The average molecular weight is 208 g/mol.